The van der Waals surface area contributed by atoms with Crippen molar-refractivity contribution in [2.24, 2.45) is 0 Å². The Kier molecular flexibility index (Phi) is 4.72. The van der Waals surface area contributed by atoms with Crippen molar-refractivity contribution in [3.63, 3.8) is 0 Å². The lowest BCUT2D eigenvalue weighted by Crippen LogP contribution is -2.40. The number of ether oxygens (including phenoxy) is 1. The van der Waals surface area contributed by atoms with Crippen molar-refractivity contribution in [2.75, 3.05) is 18.5 Å². The molecule has 0 aliphatic heterocycles. The van der Waals surface area contributed by atoms with E-state index in [4.69, 9.17) is 5.11 Å². The maximum absolute atomic E-state index is 12.2. The van der Waals surface area contributed by atoms with Crippen LogP contribution in [-0.4, -0.2) is 44.9 Å². The summed E-state index contributed by atoms with van der Waals surface area (Å²) in [7, 11) is -1.79. The van der Waals surface area contributed by atoms with E-state index in [9.17, 15) is 18.0 Å². The number of anilines is 1. The standard InChI is InChI=1S/C12H15NO6S/c1-8(12(16)19-3)20(17,18)13(2)10-7-5-4-6-9(10)11(14)15/h4-8H,1-3H3,(H,14,15). The molecule has 0 heterocycles. The average molecular weight is 301 g/mol. The first-order valence-corrected chi connectivity index (χ1v) is 7.11. The first-order chi connectivity index (χ1) is 9.23. The van der Waals surface area contributed by atoms with Gasteiger partial charge in [-0.2, -0.15) is 0 Å². The Morgan fingerprint density at radius 2 is 1.85 bits per heavy atom. The maximum Gasteiger partial charge on any atom is 0.337 e. The van der Waals surface area contributed by atoms with Gasteiger partial charge in [0.1, 0.15) is 0 Å². The van der Waals surface area contributed by atoms with Gasteiger partial charge < -0.3 is 9.84 Å². The summed E-state index contributed by atoms with van der Waals surface area (Å²) in [6.45, 7) is 1.18. The van der Waals surface area contributed by atoms with Gasteiger partial charge in [-0.3, -0.25) is 9.10 Å². The van der Waals surface area contributed by atoms with E-state index in [1.54, 1.807) is 0 Å². The van der Waals surface area contributed by atoms with Crippen LogP contribution in [0.3, 0.4) is 0 Å². The third-order valence-corrected chi connectivity index (χ3v) is 4.88. The van der Waals surface area contributed by atoms with Crippen molar-refractivity contribution in [2.45, 2.75) is 12.2 Å². The predicted molar refractivity (Wildman–Crippen MR) is 72.2 cm³/mol. The molecule has 0 amide bonds. The molecule has 0 radical (unpaired) electrons. The number of rotatable bonds is 5. The Morgan fingerprint density at radius 3 is 2.35 bits per heavy atom. The van der Waals surface area contributed by atoms with Crippen molar-refractivity contribution >= 4 is 27.6 Å². The Hall–Kier alpha value is -2.09. The monoisotopic (exact) mass is 301 g/mol. The lowest BCUT2D eigenvalue weighted by Gasteiger charge is -2.23. The number of sulfonamides is 1. The third kappa shape index (κ3) is 2.90. The summed E-state index contributed by atoms with van der Waals surface area (Å²) in [6.07, 6.45) is 0. The molecule has 0 bridgehead atoms. The highest BCUT2D eigenvalue weighted by Gasteiger charge is 2.34. The number of aromatic carboxylic acids is 1. The zero-order valence-corrected chi connectivity index (χ0v) is 12.0. The van der Waals surface area contributed by atoms with E-state index in [0.717, 1.165) is 11.4 Å². The highest BCUT2D eigenvalue weighted by atomic mass is 32.2. The minimum atomic E-state index is -4.06. The average Bonchev–Trinajstić information content (AvgIpc) is 2.44. The normalized spacial score (nSPS) is 12.6. The van der Waals surface area contributed by atoms with Crippen LogP contribution in [-0.2, 0) is 19.6 Å². The van der Waals surface area contributed by atoms with Crippen LogP contribution in [0.25, 0.3) is 0 Å². The molecule has 0 aromatic heterocycles. The quantitative estimate of drug-likeness (QED) is 0.804. The van der Waals surface area contributed by atoms with Gasteiger partial charge in [-0.25, -0.2) is 13.2 Å². The zero-order valence-electron chi connectivity index (χ0n) is 11.2. The minimum Gasteiger partial charge on any atom is -0.478 e. The lowest BCUT2D eigenvalue weighted by molar-refractivity contribution is -0.139. The largest absolute Gasteiger partial charge is 0.478 e. The molecule has 1 unspecified atom stereocenters. The van der Waals surface area contributed by atoms with Crippen molar-refractivity contribution in [3.8, 4) is 0 Å². The molecule has 1 aromatic rings. The number of carboxylic acid groups (broad SMARTS) is 1. The Labute approximate surface area is 116 Å². The van der Waals surface area contributed by atoms with Crippen LogP contribution in [0.5, 0.6) is 0 Å². The third-order valence-electron chi connectivity index (χ3n) is 2.84. The van der Waals surface area contributed by atoms with Crippen molar-refractivity contribution in [1.29, 1.82) is 0 Å². The first-order valence-electron chi connectivity index (χ1n) is 5.61. The number of nitrogens with zero attached hydrogens (tertiary/aromatic N) is 1. The predicted octanol–water partition coefficient (Wildman–Crippen LogP) is 0.712. The molecule has 0 saturated heterocycles. The van der Waals surface area contributed by atoms with Gasteiger partial charge >= 0.3 is 11.9 Å². The van der Waals surface area contributed by atoms with Gasteiger partial charge in [0, 0.05) is 7.05 Å². The Morgan fingerprint density at radius 1 is 1.30 bits per heavy atom. The summed E-state index contributed by atoms with van der Waals surface area (Å²) in [5.41, 5.74) is -0.189. The van der Waals surface area contributed by atoms with Gasteiger partial charge in [-0.1, -0.05) is 12.1 Å². The van der Waals surface area contributed by atoms with E-state index >= 15 is 0 Å². The van der Waals surface area contributed by atoms with Gasteiger partial charge in [0.2, 0.25) is 10.0 Å². The van der Waals surface area contributed by atoms with E-state index in [1.807, 2.05) is 0 Å². The molecule has 110 valence electrons. The summed E-state index contributed by atoms with van der Waals surface area (Å²) in [5, 5.41) is 7.63. The molecule has 0 saturated carbocycles. The number of hydrogen-bond donors (Lipinski definition) is 1. The summed E-state index contributed by atoms with van der Waals surface area (Å²) in [4.78, 5) is 22.5. The molecule has 7 nitrogen and oxygen atoms in total. The fraction of sp³-hybridized carbons (Fsp3) is 0.333. The van der Waals surface area contributed by atoms with E-state index < -0.39 is 27.2 Å². The van der Waals surface area contributed by atoms with Crippen molar-refractivity contribution in [1.82, 2.24) is 0 Å². The van der Waals surface area contributed by atoms with Crippen molar-refractivity contribution in [3.05, 3.63) is 29.8 Å². The second-order valence-corrected chi connectivity index (χ2v) is 6.28. The van der Waals surface area contributed by atoms with Gasteiger partial charge in [0.05, 0.1) is 18.4 Å². The molecule has 1 aromatic carbocycles. The van der Waals surface area contributed by atoms with Crippen LogP contribution in [0.2, 0.25) is 0 Å². The Bertz CT molecular complexity index is 625. The number of methoxy groups -OCH3 is 1. The van der Waals surface area contributed by atoms with Crippen LogP contribution >= 0.6 is 0 Å². The number of para-hydroxylation sites is 1. The topological polar surface area (TPSA) is 101 Å². The van der Waals surface area contributed by atoms with Crippen LogP contribution in [0, 0.1) is 0 Å². The number of carboxylic acids is 1. The highest BCUT2D eigenvalue weighted by Crippen LogP contribution is 2.24. The van der Waals surface area contributed by atoms with Crippen molar-refractivity contribution < 1.29 is 27.9 Å². The molecule has 0 aliphatic carbocycles. The molecule has 1 rings (SSSR count). The number of carbonyl (C=O) groups excluding carboxylic acids is 1. The number of benzene rings is 1. The van der Waals surface area contributed by atoms with Gasteiger partial charge in [-0.05, 0) is 19.1 Å². The van der Waals surface area contributed by atoms with Crippen LogP contribution in [0.15, 0.2) is 24.3 Å². The molecular weight excluding hydrogens is 286 g/mol. The molecule has 1 N–H and O–H groups in total. The number of esters is 1. The highest BCUT2D eigenvalue weighted by molar-refractivity contribution is 7.94. The molecule has 0 aliphatic rings. The molecular formula is C12H15NO6S. The fourth-order valence-electron chi connectivity index (χ4n) is 1.59. The van der Waals surface area contributed by atoms with Gasteiger partial charge in [0.15, 0.2) is 5.25 Å². The SMILES string of the molecule is COC(=O)C(C)S(=O)(=O)N(C)c1ccccc1C(=O)O. The van der Waals surface area contributed by atoms with E-state index in [0.29, 0.717) is 0 Å². The molecule has 1 atom stereocenters. The fourth-order valence-corrected chi connectivity index (χ4v) is 2.84. The smallest absolute Gasteiger partial charge is 0.337 e. The molecule has 0 fully saturated rings. The summed E-state index contributed by atoms with van der Waals surface area (Å²) < 4.78 is 29.7. The summed E-state index contributed by atoms with van der Waals surface area (Å²) in [5.74, 6) is -2.17. The van der Waals surface area contributed by atoms with Crippen LogP contribution in [0.4, 0.5) is 5.69 Å². The van der Waals surface area contributed by atoms with E-state index in [1.165, 1.54) is 38.2 Å². The Balaban J connectivity index is 3.28. The van der Waals surface area contributed by atoms with E-state index in [-0.39, 0.29) is 11.3 Å². The second kappa shape index (κ2) is 5.91. The zero-order chi connectivity index (χ0) is 15.5. The first kappa shape index (κ1) is 16.0. The number of carbonyl (C=O) groups is 2. The van der Waals surface area contributed by atoms with Gasteiger partial charge in [-0.15, -0.1) is 0 Å². The summed E-state index contributed by atoms with van der Waals surface area (Å²) in [6, 6.07) is 5.63. The molecule has 20 heavy (non-hydrogen) atoms. The second-order valence-electron chi connectivity index (χ2n) is 4.00. The number of hydrogen-bond acceptors (Lipinski definition) is 5. The molecule has 0 spiro atoms. The summed E-state index contributed by atoms with van der Waals surface area (Å²) >= 11 is 0. The van der Waals surface area contributed by atoms with Crippen LogP contribution < -0.4 is 4.31 Å². The van der Waals surface area contributed by atoms with Crippen LogP contribution in [0.1, 0.15) is 17.3 Å². The maximum atomic E-state index is 12.2. The minimum absolute atomic E-state index is 0.0178. The van der Waals surface area contributed by atoms with E-state index in [2.05, 4.69) is 4.74 Å². The lowest BCUT2D eigenvalue weighted by atomic mass is 10.2. The molecule has 8 heteroatoms. The van der Waals surface area contributed by atoms with Gasteiger partial charge in [0.25, 0.3) is 0 Å².